The molecule has 0 aromatic carbocycles. The predicted octanol–water partition coefficient (Wildman–Crippen LogP) is 3.11. The van der Waals surface area contributed by atoms with Crippen molar-refractivity contribution in [2.24, 2.45) is 5.41 Å². The number of carbonyl (C=O) groups excluding carboxylic acids is 1. The van der Waals surface area contributed by atoms with Crippen molar-refractivity contribution in [1.82, 2.24) is 10.2 Å². The molecule has 0 spiro atoms. The van der Waals surface area contributed by atoms with Gasteiger partial charge in [0.1, 0.15) is 11.9 Å². The zero-order valence-corrected chi connectivity index (χ0v) is 15.4. The molecule has 0 saturated carbocycles. The van der Waals surface area contributed by atoms with Crippen molar-refractivity contribution in [3.63, 3.8) is 0 Å². The van der Waals surface area contributed by atoms with Gasteiger partial charge in [-0.1, -0.05) is 20.8 Å². The van der Waals surface area contributed by atoms with Gasteiger partial charge in [0.2, 0.25) is 5.91 Å². The topological polar surface area (TPSA) is 65.7 Å². The van der Waals surface area contributed by atoms with Crippen LogP contribution >= 0.6 is 0 Å². The van der Waals surface area contributed by atoms with E-state index in [2.05, 4.69) is 33.0 Å². The zero-order valence-electron chi connectivity index (χ0n) is 15.4. The number of aliphatic hydroxyl groups excluding tert-OH is 1. The largest absolute Gasteiger partial charge is 0.467 e. The number of rotatable bonds is 6. The first-order valence-electron chi connectivity index (χ1n) is 9.00. The van der Waals surface area contributed by atoms with E-state index in [9.17, 15) is 9.90 Å². The summed E-state index contributed by atoms with van der Waals surface area (Å²) in [4.78, 5) is 14.3. The summed E-state index contributed by atoms with van der Waals surface area (Å²) in [5.41, 5.74) is 0.0443. The highest BCUT2D eigenvalue weighted by atomic mass is 16.4. The Morgan fingerprint density at radius 1 is 1.42 bits per heavy atom. The third kappa shape index (κ3) is 5.95. The van der Waals surface area contributed by atoms with Gasteiger partial charge in [0.05, 0.1) is 6.26 Å². The number of nitrogens with one attached hydrogen (secondary N) is 1. The van der Waals surface area contributed by atoms with E-state index < -0.39 is 6.10 Å². The molecule has 2 unspecified atom stereocenters. The molecule has 0 radical (unpaired) electrons. The number of aliphatic hydroxyl groups is 1. The van der Waals surface area contributed by atoms with Crippen LogP contribution in [-0.4, -0.2) is 41.1 Å². The predicted molar refractivity (Wildman–Crippen MR) is 94.6 cm³/mol. The molecular formula is C19H32N2O3. The Labute approximate surface area is 145 Å². The van der Waals surface area contributed by atoms with E-state index in [0.717, 1.165) is 25.9 Å². The summed E-state index contributed by atoms with van der Waals surface area (Å²) in [6, 6.07) is 4.20. The van der Waals surface area contributed by atoms with E-state index in [-0.39, 0.29) is 17.4 Å². The lowest BCUT2D eigenvalue weighted by Crippen LogP contribution is -2.47. The van der Waals surface area contributed by atoms with Crippen molar-refractivity contribution < 1.29 is 14.3 Å². The summed E-state index contributed by atoms with van der Waals surface area (Å²) in [6.07, 6.45) is 4.18. The Morgan fingerprint density at radius 2 is 2.08 bits per heavy atom. The summed E-state index contributed by atoms with van der Waals surface area (Å²) in [5.74, 6) is 0.883. The summed E-state index contributed by atoms with van der Waals surface area (Å²) in [5, 5.41) is 13.7. The maximum atomic E-state index is 12.3. The molecule has 2 rings (SSSR count). The van der Waals surface area contributed by atoms with Crippen LogP contribution in [0.5, 0.6) is 0 Å². The fourth-order valence-corrected chi connectivity index (χ4v) is 3.26. The van der Waals surface area contributed by atoms with E-state index in [0.29, 0.717) is 24.6 Å². The second-order valence-corrected chi connectivity index (χ2v) is 8.23. The molecule has 5 heteroatoms. The van der Waals surface area contributed by atoms with Gasteiger partial charge in [-0.3, -0.25) is 4.79 Å². The highest BCUT2D eigenvalue weighted by molar-refractivity contribution is 5.76. The maximum absolute atomic E-state index is 12.3. The number of furan rings is 1. The maximum Gasteiger partial charge on any atom is 0.223 e. The molecule has 1 aromatic rings. The molecule has 24 heavy (non-hydrogen) atoms. The van der Waals surface area contributed by atoms with Crippen LogP contribution in [0.4, 0.5) is 0 Å². The van der Waals surface area contributed by atoms with E-state index in [1.807, 2.05) is 4.90 Å². The first kappa shape index (κ1) is 19.0. The molecule has 1 aliphatic heterocycles. The van der Waals surface area contributed by atoms with Crippen LogP contribution in [0.15, 0.2) is 22.8 Å². The van der Waals surface area contributed by atoms with E-state index in [1.165, 1.54) is 0 Å². The van der Waals surface area contributed by atoms with Crippen LogP contribution < -0.4 is 5.32 Å². The highest BCUT2D eigenvalue weighted by Gasteiger charge is 2.26. The molecule has 5 nitrogen and oxygen atoms in total. The first-order chi connectivity index (χ1) is 11.2. The molecular weight excluding hydrogens is 304 g/mol. The van der Waals surface area contributed by atoms with Gasteiger partial charge >= 0.3 is 0 Å². The van der Waals surface area contributed by atoms with Crippen LogP contribution in [-0.2, 0) is 4.79 Å². The molecule has 1 fully saturated rings. The van der Waals surface area contributed by atoms with Crippen molar-refractivity contribution in [1.29, 1.82) is 0 Å². The van der Waals surface area contributed by atoms with Gasteiger partial charge in [0.15, 0.2) is 0 Å². The fourth-order valence-electron chi connectivity index (χ4n) is 3.26. The second-order valence-electron chi connectivity index (χ2n) is 8.23. The number of nitrogens with zero attached hydrogens (tertiary/aromatic N) is 1. The van der Waals surface area contributed by atoms with Crippen LogP contribution in [0.3, 0.4) is 0 Å². The number of amides is 1. The van der Waals surface area contributed by atoms with Gasteiger partial charge < -0.3 is 19.7 Å². The standard InChI is InChI=1S/C19H32N2O3/c1-14(12-16(22)17-6-5-11-24-17)20-15-7-9-21(10-8-15)18(23)13-19(2,3)4/h5-6,11,14-16,20,22H,7-10,12-13H2,1-4H3. The van der Waals surface area contributed by atoms with Crippen LogP contribution in [0.25, 0.3) is 0 Å². The molecule has 1 aromatic heterocycles. The third-order valence-electron chi connectivity index (χ3n) is 4.50. The van der Waals surface area contributed by atoms with Crippen molar-refractivity contribution in [2.75, 3.05) is 13.1 Å². The Morgan fingerprint density at radius 3 is 2.62 bits per heavy atom. The van der Waals surface area contributed by atoms with Crippen molar-refractivity contribution in [3.8, 4) is 0 Å². The molecule has 1 aliphatic rings. The van der Waals surface area contributed by atoms with Gasteiger partial charge in [-0.15, -0.1) is 0 Å². The highest BCUT2D eigenvalue weighted by Crippen LogP contribution is 2.23. The number of hydrogen-bond donors (Lipinski definition) is 2. The van der Waals surface area contributed by atoms with E-state index in [1.54, 1.807) is 18.4 Å². The summed E-state index contributed by atoms with van der Waals surface area (Å²) < 4.78 is 5.24. The molecule has 2 atom stereocenters. The fraction of sp³-hybridized carbons (Fsp3) is 0.737. The lowest BCUT2D eigenvalue weighted by atomic mass is 9.91. The number of hydrogen-bond acceptors (Lipinski definition) is 4. The summed E-state index contributed by atoms with van der Waals surface area (Å²) in [7, 11) is 0. The smallest absolute Gasteiger partial charge is 0.223 e. The zero-order chi connectivity index (χ0) is 17.7. The lowest BCUT2D eigenvalue weighted by molar-refractivity contribution is -0.134. The number of piperidine rings is 1. The number of likely N-dealkylation sites (tertiary alicyclic amines) is 1. The Kier molecular flexibility index (Phi) is 6.47. The minimum Gasteiger partial charge on any atom is -0.467 e. The van der Waals surface area contributed by atoms with Crippen molar-refractivity contribution >= 4 is 5.91 Å². The normalized spacial score (nSPS) is 19.3. The molecule has 0 bridgehead atoms. The number of carbonyl (C=O) groups is 1. The average Bonchev–Trinajstić information content (AvgIpc) is 3.00. The lowest BCUT2D eigenvalue weighted by Gasteiger charge is -2.35. The van der Waals surface area contributed by atoms with Gasteiger partial charge in [-0.05, 0) is 43.7 Å². The van der Waals surface area contributed by atoms with Gasteiger partial charge in [-0.25, -0.2) is 0 Å². The Bertz CT molecular complexity index is 499. The van der Waals surface area contributed by atoms with Crippen LogP contribution in [0.2, 0.25) is 0 Å². The van der Waals surface area contributed by atoms with Crippen LogP contribution in [0.1, 0.15) is 65.2 Å². The second kappa shape index (κ2) is 8.17. The van der Waals surface area contributed by atoms with Gasteiger partial charge in [-0.2, -0.15) is 0 Å². The molecule has 2 N–H and O–H groups in total. The SMILES string of the molecule is CC(CC(O)c1ccco1)NC1CCN(C(=O)CC(C)(C)C)CC1. The Balaban J connectivity index is 1.71. The minimum absolute atomic E-state index is 0.0443. The molecule has 2 heterocycles. The summed E-state index contributed by atoms with van der Waals surface area (Å²) >= 11 is 0. The molecule has 1 amide bonds. The van der Waals surface area contributed by atoms with Crippen molar-refractivity contribution in [3.05, 3.63) is 24.2 Å². The molecule has 1 saturated heterocycles. The molecule has 0 aliphatic carbocycles. The monoisotopic (exact) mass is 336 g/mol. The van der Waals surface area contributed by atoms with E-state index >= 15 is 0 Å². The van der Waals surface area contributed by atoms with Gasteiger partial charge in [0.25, 0.3) is 0 Å². The Hall–Kier alpha value is -1.33. The quantitative estimate of drug-likeness (QED) is 0.838. The summed E-state index contributed by atoms with van der Waals surface area (Å²) in [6.45, 7) is 10.0. The first-order valence-corrected chi connectivity index (χ1v) is 9.00. The molecule has 136 valence electrons. The third-order valence-corrected chi connectivity index (χ3v) is 4.50. The minimum atomic E-state index is -0.573. The van der Waals surface area contributed by atoms with Crippen molar-refractivity contribution in [2.45, 2.75) is 71.6 Å². The van der Waals surface area contributed by atoms with E-state index in [4.69, 9.17) is 4.42 Å². The van der Waals surface area contributed by atoms with Crippen LogP contribution in [0, 0.1) is 5.41 Å². The average molecular weight is 336 g/mol. The van der Waals surface area contributed by atoms with Gasteiger partial charge in [0, 0.05) is 31.6 Å².